The second kappa shape index (κ2) is 5.08. The molecule has 0 amide bonds. The van der Waals surface area contributed by atoms with Crippen LogP contribution < -0.4 is 11.3 Å². The van der Waals surface area contributed by atoms with Crippen LogP contribution in [-0.4, -0.2) is 18.2 Å². The van der Waals surface area contributed by atoms with Gasteiger partial charge in [-0.2, -0.15) is 0 Å². The molecular weight excluding hydrogens is 260 g/mol. The average molecular weight is 286 g/mol. The van der Waals surface area contributed by atoms with Crippen LogP contribution in [0.4, 0.5) is 0 Å². The van der Waals surface area contributed by atoms with Crippen molar-refractivity contribution in [3.05, 3.63) is 35.9 Å². The predicted molar refractivity (Wildman–Crippen MR) is 83.7 cm³/mol. The van der Waals surface area contributed by atoms with Crippen LogP contribution in [0.5, 0.6) is 0 Å². The van der Waals surface area contributed by atoms with Crippen molar-refractivity contribution in [3.8, 4) is 0 Å². The van der Waals surface area contributed by atoms with Gasteiger partial charge in [-0.3, -0.25) is 11.3 Å². The normalized spacial score (nSPS) is 30.6. The Hall–Kier alpha value is -0.900. The van der Waals surface area contributed by atoms with Crippen molar-refractivity contribution in [1.82, 2.24) is 5.43 Å². The summed E-state index contributed by atoms with van der Waals surface area (Å²) in [6.07, 6.45) is 8.68. The Morgan fingerprint density at radius 2 is 1.90 bits per heavy atom. The molecule has 0 aromatic heterocycles. The molecule has 3 N–H and O–H groups in total. The molecule has 2 unspecified atom stereocenters. The van der Waals surface area contributed by atoms with Crippen molar-refractivity contribution < 1.29 is 4.74 Å². The van der Waals surface area contributed by atoms with Crippen molar-refractivity contribution in [1.29, 1.82) is 0 Å². The van der Waals surface area contributed by atoms with E-state index >= 15 is 0 Å². The number of hydrazine groups is 1. The van der Waals surface area contributed by atoms with Crippen LogP contribution in [0, 0.1) is 5.92 Å². The van der Waals surface area contributed by atoms with Gasteiger partial charge in [-0.1, -0.05) is 30.3 Å². The van der Waals surface area contributed by atoms with E-state index in [0.717, 1.165) is 13.0 Å². The third-order valence-corrected chi connectivity index (χ3v) is 6.18. The maximum atomic E-state index is 6.10. The van der Waals surface area contributed by atoms with Crippen molar-refractivity contribution in [2.24, 2.45) is 11.8 Å². The average Bonchev–Trinajstić information content (AvgIpc) is 3.29. The Morgan fingerprint density at radius 1 is 1.14 bits per heavy atom. The van der Waals surface area contributed by atoms with E-state index in [0.29, 0.717) is 12.0 Å². The van der Waals surface area contributed by atoms with Crippen LogP contribution in [0.1, 0.15) is 50.5 Å². The second-order valence-corrected chi connectivity index (χ2v) is 7.30. The molecule has 2 saturated carbocycles. The topological polar surface area (TPSA) is 47.3 Å². The molecule has 1 heterocycles. The van der Waals surface area contributed by atoms with Gasteiger partial charge >= 0.3 is 0 Å². The Morgan fingerprint density at radius 3 is 2.48 bits per heavy atom. The zero-order valence-electron chi connectivity index (χ0n) is 12.7. The molecule has 1 spiro atoms. The molecule has 114 valence electrons. The summed E-state index contributed by atoms with van der Waals surface area (Å²) >= 11 is 0. The molecule has 1 aromatic rings. The van der Waals surface area contributed by atoms with Crippen LogP contribution in [-0.2, 0) is 10.2 Å². The van der Waals surface area contributed by atoms with Crippen molar-refractivity contribution in [2.75, 3.05) is 6.61 Å². The minimum absolute atomic E-state index is 0.199. The van der Waals surface area contributed by atoms with E-state index in [9.17, 15) is 0 Å². The summed E-state index contributed by atoms with van der Waals surface area (Å²) in [6, 6.07) is 11.3. The maximum absolute atomic E-state index is 6.10. The zero-order chi connectivity index (χ0) is 14.3. The van der Waals surface area contributed by atoms with Crippen molar-refractivity contribution in [2.45, 2.75) is 62.0 Å². The highest BCUT2D eigenvalue weighted by atomic mass is 16.5. The molecule has 21 heavy (non-hydrogen) atoms. The molecular formula is C18H26N2O. The summed E-state index contributed by atoms with van der Waals surface area (Å²) in [5.41, 5.74) is 5.13. The monoisotopic (exact) mass is 286 g/mol. The second-order valence-electron chi connectivity index (χ2n) is 7.30. The van der Waals surface area contributed by atoms with E-state index in [-0.39, 0.29) is 11.0 Å². The van der Waals surface area contributed by atoms with Crippen LogP contribution in [0.3, 0.4) is 0 Å². The van der Waals surface area contributed by atoms with Crippen LogP contribution in [0.15, 0.2) is 30.3 Å². The van der Waals surface area contributed by atoms with E-state index in [1.165, 1.54) is 44.1 Å². The van der Waals surface area contributed by atoms with Gasteiger partial charge in [0.1, 0.15) is 0 Å². The van der Waals surface area contributed by atoms with Gasteiger partial charge in [-0.15, -0.1) is 0 Å². The molecule has 0 radical (unpaired) electrons. The Labute approximate surface area is 127 Å². The number of nitrogens with two attached hydrogens (primary N) is 1. The van der Waals surface area contributed by atoms with E-state index < -0.39 is 0 Å². The number of hydrogen-bond acceptors (Lipinski definition) is 3. The standard InChI is InChI=1S/C18H26N2O/c19-20-16(14-7-12-21-17(13-14)8-4-9-17)18(10-11-18)15-5-2-1-3-6-15/h1-3,5-6,14,16,20H,4,7-13,19H2. The van der Waals surface area contributed by atoms with Crippen molar-refractivity contribution in [3.63, 3.8) is 0 Å². The van der Waals surface area contributed by atoms with E-state index in [4.69, 9.17) is 10.6 Å². The summed E-state index contributed by atoms with van der Waals surface area (Å²) in [7, 11) is 0. The minimum Gasteiger partial charge on any atom is -0.375 e. The zero-order valence-corrected chi connectivity index (χ0v) is 12.7. The van der Waals surface area contributed by atoms with Gasteiger partial charge in [0.15, 0.2) is 0 Å². The SMILES string of the molecule is NNC(C1CCOC2(CCC2)C1)C1(c2ccccc2)CC1. The van der Waals surface area contributed by atoms with Gasteiger partial charge in [0.25, 0.3) is 0 Å². The minimum atomic E-state index is 0.199. The maximum Gasteiger partial charge on any atom is 0.0685 e. The first kappa shape index (κ1) is 13.7. The van der Waals surface area contributed by atoms with Crippen LogP contribution >= 0.6 is 0 Å². The van der Waals surface area contributed by atoms with E-state index in [1.807, 2.05) is 0 Å². The summed E-state index contributed by atoms with van der Waals surface area (Å²) < 4.78 is 6.10. The Bertz CT molecular complexity index is 493. The number of hydrogen-bond donors (Lipinski definition) is 2. The van der Waals surface area contributed by atoms with Gasteiger partial charge in [0, 0.05) is 18.1 Å². The largest absolute Gasteiger partial charge is 0.375 e. The third-order valence-electron chi connectivity index (χ3n) is 6.18. The molecule has 2 aliphatic carbocycles. The Balaban J connectivity index is 1.57. The first-order valence-corrected chi connectivity index (χ1v) is 8.44. The summed E-state index contributed by atoms with van der Waals surface area (Å²) in [6.45, 7) is 0.910. The molecule has 3 nitrogen and oxygen atoms in total. The van der Waals surface area contributed by atoms with Gasteiger partial charge in [0.05, 0.1) is 5.60 Å². The fraction of sp³-hybridized carbons (Fsp3) is 0.667. The van der Waals surface area contributed by atoms with Gasteiger partial charge in [-0.25, -0.2) is 0 Å². The van der Waals surface area contributed by atoms with Gasteiger partial charge < -0.3 is 4.74 Å². The summed E-state index contributed by atoms with van der Waals surface area (Å²) in [4.78, 5) is 0. The first-order chi connectivity index (χ1) is 10.3. The number of ether oxygens (including phenoxy) is 1. The van der Waals surface area contributed by atoms with Crippen LogP contribution in [0.2, 0.25) is 0 Å². The fourth-order valence-corrected chi connectivity index (χ4v) is 4.70. The van der Waals surface area contributed by atoms with E-state index in [1.54, 1.807) is 0 Å². The molecule has 0 bridgehead atoms. The smallest absolute Gasteiger partial charge is 0.0685 e. The highest BCUT2D eigenvalue weighted by Gasteiger charge is 2.55. The number of nitrogens with one attached hydrogen (secondary N) is 1. The summed E-state index contributed by atoms with van der Waals surface area (Å²) in [5.74, 6) is 6.67. The van der Waals surface area contributed by atoms with Crippen LogP contribution in [0.25, 0.3) is 0 Å². The van der Waals surface area contributed by atoms with Gasteiger partial charge in [0.2, 0.25) is 0 Å². The molecule has 2 atom stereocenters. The molecule has 3 fully saturated rings. The molecule has 1 saturated heterocycles. The molecule has 1 aromatic carbocycles. The lowest BCUT2D eigenvalue weighted by Crippen LogP contribution is -2.55. The number of benzene rings is 1. The molecule has 3 heteroatoms. The fourth-order valence-electron chi connectivity index (χ4n) is 4.70. The molecule has 1 aliphatic heterocycles. The molecule has 4 rings (SSSR count). The first-order valence-electron chi connectivity index (χ1n) is 8.44. The lowest BCUT2D eigenvalue weighted by atomic mass is 9.67. The quantitative estimate of drug-likeness (QED) is 0.661. The molecule has 3 aliphatic rings. The highest BCUT2D eigenvalue weighted by molar-refractivity contribution is 5.34. The third kappa shape index (κ3) is 2.23. The Kier molecular flexibility index (Phi) is 3.32. The van der Waals surface area contributed by atoms with Crippen molar-refractivity contribution >= 4 is 0 Å². The number of rotatable bonds is 4. The van der Waals surface area contributed by atoms with E-state index in [2.05, 4.69) is 35.8 Å². The lowest BCUT2D eigenvalue weighted by molar-refractivity contribution is -0.148. The lowest BCUT2D eigenvalue weighted by Gasteiger charge is -2.49. The predicted octanol–water partition coefficient (Wildman–Crippen LogP) is 2.90. The highest BCUT2D eigenvalue weighted by Crippen LogP contribution is 2.55. The van der Waals surface area contributed by atoms with Gasteiger partial charge in [-0.05, 0) is 56.4 Å². The summed E-state index contributed by atoms with van der Waals surface area (Å²) in [5, 5.41) is 0.